The van der Waals surface area contributed by atoms with E-state index in [9.17, 15) is 19.6 Å². The molecule has 1 aromatic rings. The van der Waals surface area contributed by atoms with Crippen molar-refractivity contribution in [1.82, 2.24) is 0 Å². The molecule has 0 heterocycles. The number of allylic oxidation sites excluding steroid dienone is 3. The van der Waals surface area contributed by atoms with Crippen molar-refractivity contribution in [1.29, 1.82) is 0 Å². The predicted molar refractivity (Wildman–Crippen MR) is 84.3 cm³/mol. The number of nitrogens with zero attached hydrogens (tertiary/aromatic N) is 1. The highest BCUT2D eigenvalue weighted by molar-refractivity contribution is 7.50. The molecule has 0 aromatic heterocycles. The first-order valence-electron chi connectivity index (χ1n) is 6.74. The van der Waals surface area contributed by atoms with Crippen LogP contribution in [-0.2, 0) is 9.36 Å². The highest BCUT2D eigenvalue weighted by atomic mass is 31.2. The van der Waals surface area contributed by atoms with E-state index in [4.69, 9.17) is 9.79 Å². The number of phenols is 1. The molecule has 1 aliphatic carbocycles. The molecule has 8 heteroatoms. The third-order valence-electron chi connectivity index (χ3n) is 3.45. The summed E-state index contributed by atoms with van der Waals surface area (Å²) in [6.07, 6.45) is 3.69. The van der Waals surface area contributed by atoms with Gasteiger partial charge in [-0.2, -0.15) is 4.76 Å². The van der Waals surface area contributed by atoms with Crippen molar-refractivity contribution in [3.63, 3.8) is 0 Å². The average Bonchev–Trinajstić information content (AvgIpc) is 2.45. The van der Waals surface area contributed by atoms with Gasteiger partial charge in [0, 0.05) is 12.0 Å². The van der Waals surface area contributed by atoms with Gasteiger partial charge in [0.2, 0.25) is 0 Å². The number of ketones is 1. The minimum Gasteiger partial charge on any atom is -0.508 e. The molecule has 0 saturated heterocycles. The lowest BCUT2D eigenvalue weighted by Gasteiger charge is -2.20. The summed E-state index contributed by atoms with van der Waals surface area (Å²) >= 11 is 0. The molecule has 0 aliphatic heterocycles. The smallest absolute Gasteiger partial charge is 0.448 e. The van der Waals surface area contributed by atoms with E-state index in [2.05, 4.69) is 4.76 Å². The van der Waals surface area contributed by atoms with Gasteiger partial charge in [0.1, 0.15) is 11.5 Å². The maximum absolute atomic E-state index is 12.6. The number of aromatic hydroxyl groups is 1. The van der Waals surface area contributed by atoms with E-state index in [1.807, 2.05) is 0 Å². The van der Waals surface area contributed by atoms with Crippen LogP contribution in [0.1, 0.15) is 18.4 Å². The fraction of sp³-hybridized carbons (Fsp3) is 0.200. The van der Waals surface area contributed by atoms with Gasteiger partial charge in [0.15, 0.2) is 5.78 Å². The van der Waals surface area contributed by atoms with Crippen LogP contribution >= 0.6 is 7.75 Å². The number of phenolic OH excluding ortho intramolecular Hbond substituents is 1. The van der Waals surface area contributed by atoms with Crippen LogP contribution in [0, 0.1) is 5.92 Å². The molecule has 7 nitrogen and oxygen atoms in total. The minimum atomic E-state index is -4.73. The van der Waals surface area contributed by atoms with E-state index in [0.717, 1.165) is 6.08 Å². The predicted octanol–water partition coefficient (Wildman–Crippen LogP) is 2.23. The lowest BCUT2D eigenvalue weighted by atomic mass is 9.84. The van der Waals surface area contributed by atoms with Crippen molar-refractivity contribution in [2.75, 3.05) is 0 Å². The zero-order valence-electron chi connectivity index (χ0n) is 12.2. The molecular formula is C15H16NO6P. The van der Waals surface area contributed by atoms with Gasteiger partial charge < -0.3 is 20.0 Å². The van der Waals surface area contributed by atoms with Crippen LogP contribution in [-0.4, -0.2) is 31.5 Å². The Labute approximate surface area is 132 Å². The van der Waals surface area contributed by atoms with Gasteiger partial charge in [-0.25, -0.2) is 4.57 Å². The summed E-state index contributed by atoms with van der Waals surface area (Å²) in [4.78, 5) is 30.6. The van der Waals surface area contributed by atoms with Gasteiger partial charge in [0.25, 0.3) is 0 Å². The number of benzene rings is 1. The Morgan fingerprint density at radius 3 is 2.39 bits per heavy atom. The van der Waals surface area contributed by atoms with Gasteiger partial charge >= 0.3 is 7.75 Å². The minimum absolute atomic E-state index is 0.0718. The van der Waals surface area contributed by atoms with Crippen LogP contribution in [0.5, 0.6) is 5.75 Å². The first-order valence-corrected chi connectivity index (χ1v) is 8.31. The molecule has 0 spiro atoms. The van der Waals surface area contributed by atoms with E-state index in [0.29, 0.717) is 5.56 Å². The summed E-state index contributed by atoms with van der Waals surface area (Å²) in [6, 6.07) is 6.09. The van der Waals surface area contributed by atoms with Crippen molar-refractivity contribution in [3.05, 3.63) is 53.8 Å². The van der Waals surface area contributed by atoms with Gasteiger partial charge in [-0.3, -0.25) is 4.79 Å². The Bertz CT molecular complexity index is 744. The van der Waals surface area contributed by atoms with Gasteiger partial charge in [-0.15, -0.1) is 0 Å². The molecule has 4 N–H and O–H groups in total. The monoisotopic (exact) mass is 337 g/mol. The number of rotatable bonds is 4. The molecule has 122 valence electrons. The quantitative estimate of drug-likeness (QED) is 0.624. The first kappa shape index (κ1) is 17.1. The Hall–Kier alpha value is -2.21. The largest absolute Gasteiger partial charge is 0.508 e. The Morgan fingerprint density at radius 2 is 1.83 bits per heavy atom. The standard InChI is InChI=1S/C15H16NO6P/c1-9(10-2-4-11(17)5-3-10)15(19)13-7-6-12(18)8-14(13)16-23(20,21)22/h2-9,13,17-18H,1H3,(H2,20,21,22). The molecule has 23 heavy (non-hydrogen) atoms. The highest BCUT2D eigenvalue weighted by Crippen LogP contribution is 2.38. The number of aliphatic hydroxyl groups is 1. The Kier molecular flexibility index (Phi) is 4.85. The summed E-state index contributed by atoms with van der Waals surface area (Å²) in [6.45, 7) is 1.65. The van der Waals surface area contributed by atoms with Crippen LogP contribution in [0.15, 0.2) is 53.0 Å². The average molecular weight is 337 g/mol. The molecule has 0 saturated carbocycles. The van der Waals surface area contributed by atoms with Crippen molar-refractivity contribution < 1.29 is 29.4 Å². The van der Waals surface area contributed by atoms with Crippen molar-refractivity contribution in [2.45, 2.75) is 12.8 Å². The summed E-state index contributed by atoms with van der Waals surface area (Å²) in [7, 11) is -4.73. The molecule has 2 rings (SSSR count). The molecular weight excluding hydrogens is 321 g/mol. The topological polar surface area (TPSA) is 127 Å². The molecule has 0 amide bonds. The Morgan fingerprint density at radius 1 is 1.22 bits per heavy atom. The van der Waals surface area contributed by atoms with Crippen molar-refractivity contribution >= 4 is 19.2 Å². The fourth-order valence-corrected chi connectivity index (χ4v) is 2.74. The third-order valence-corrected chi connectivity index (χ3v) is 3.94. The molecule has 2 unspecified atom stereocenters. The lowest BCUT2D eigenvalue weighted by Crippen LogP contribution is -2.27. The molecule has 0 fully saturated rings. The van der Waals surface area contributed by atoms with Crippen LogP contribution in [0.4, 0.5) is 0 Å². The lowest BCUT2D eigenvalue weighted by molar-refractivity contribution is -0.121. The third kappa shape index (κ3) is 4.39. The van der Waals surface area contributed by atoms with Crippen LogP contribution in [0.25, 0.3) is 0 Å². The van der Waals surface area contributed by atoms with Crippen LogP contribution in [0.3, 0.4) is 0 Å². The zero-order chi connectivity index (χ0) is 17.2. The maximum atomic E-state index is 12.6. The molecule has 0 bridgehead atoms. The second kappa shape index (κ2) is 6.50. The number of hydrogen-bond acceptors (Lipinski definition) is 4. The van der Waals surface area contributed by atoms with Crippen LogP contribution in [0.2, 0.25) is 0 Å². The normalized spacial score (nSPS) is 21.1. The van der Waals surface area contributed by atoms with E-state index in [1.165, 1.54) is 24.3 Å². The summed E-state index contributed by atoms with van der Waals surface area (Å²) < 4.78 is 14.3. The number of carbonyl (C=O) groups is 1. The van der Waals surface area contributed by atoms with E-state index < -0.39 is 19.6 Å². The van der Waals surface area contributed by atoms with E-state index >= 15 is 0 Å². The summed E-state index contributed by atoms with van der Waals surface area (Å²) in [5.74, 6) is -2.05. The summed E-state index contributed by atoms with van der Waals surface area (Å²) in [5, 5.41) is 18.8. The number of carbonyl (C=O) groups excluding carboxylic acids is 1. The molecule has 1 aliphatic rings. The number of aliphatic hydroxyl groups excluding tert-OH is 1. The second-order valence-electron chi connectivity index (χ2n) is 5.16. The van der Waals surface area contributed by atoms with Gasteiger partial charge in [-0.05, 0) is 23.8 Å². The van der Waals surface area contributed by atoms with E-state index in [1.54, 1.807) is 19.1 Å². The number of hydrogen-bond donors (Lipinski definition) is 4. The van der Waals surface area contributed by atoms with Gasteiger partial charge in [0.05, 0.1) is 11.6 Å². The second-order valence-corrected chi connectivity index (χ2v) is 6.39. The Balaban J connectivity index is 2.33. The first-order chi connectivity index (χ1) is 10.7. The number of Topliss-reactive ketones (excluding diaryl/α,β-unsaturated/α-hetero) is 1. The molecule has 2 atom stereocenters. The van der Waals surface area contributed by atoms with Gasteiger partial charge in [-0.1, -0.05) is 25.1 Å². The van der Waals surface area contributed by atoms with E-state index in [-0.39, 0.29) is 23.0 Å². The molecule has 1 aromatic carbocycles. The van der Waals surface area contributed by atoms with Crippen molar-refractivity contribution in [2.24, 2.45) is 10.7 Å². The van der Waals surface area contributed by atoms with Crippen molar-refractivity contribution in [3.8, 4) is 5.75 Å². The summed E-state index contributed by atoms with van der Waals surface area (Å²) in [5.41, 5.74) is 0.462. The highest BCUT2D eigenvalue weighted by Gasteiger charge is 2.30. The fourth-order valence-electron chi connectivity index (χ4n) is 2.26. The molecule has 0 radical (unpaired) electrons. The SMILES string of the molecule is CC(C(=O)C1C=CC(O)=CC1=NP(=O)(O)O)c1ccc(O)cc1. The maximum Gasteiger partial charge on any atom is 0.448 e. The van der Waals surface area contributed by atoms with Crippen LogP contribution < -0.4 is 0 Å². The zero-order valence-corrected chi connectivity index (χ0v) is 13.1.